The van der Waals surface area contributed by atoms with Crippen molar-refractivity contribution in [1.82, 2.24) is 9.97 Å². The van der Waals surface area contributed by atoms with Gasteiger partial charge in [0.05, 0.1) is 5.58 Å². The maximum absolute atomic E-state index is 9.11. The average molecular weight is 938 g/mol. The minimum atomic E-state index is -2.27. The Morgan fingerprint density at radius 3 is 2.26 bits per heavy atom. The van der Waals surface area contributed by atoms with Gasteiger partial charge >= 0.3 is 0 Å². The average Bonchev–Trinajstić information content (AvgIpc) is 3.70. The molecule has 0 spiro atoms. The topological polar surface area (TPSA) is 38.9 Å². The molecular formula is C54H46IrN2O-2. The van der Waals surface area contributed by atoms with Gasteiger partial charge < -0.3 is 14.4 Å². The molecule has 1 radical (unpaired) electrons. The normalized spacial score (nSPS) is 16.6. The quantitative estimate of drug-likeness (QED) is 0.161. The molecule has 0 unspecified atom stereocenters. The maximum atomic E-state index is 9.11. The second kappa shape index (κ2) is 16.7. The predicted molar refractivity (Wildman–Crippen MR) is 237 cm³/mol. The summed E-state index contributed by atoms with van der Waals surface area (Å²) >= 11 is 0. The van der Waals surface area contributed by atoms with Crippen LogP contribution in [-0.2, 0) is 20.1 Å². The largest absolute Gasteiger partial charge is 0.500 e. The number of fused-ring (bicyclic) bond motifs is 5. The van der Waals surface area contributed by atoms with E-state index in [2.05, 4.69) is 104 Å². The fraction of sp³-hybridized carbons (Fsp3) is 0.185. The monoisotopic (exact) mass is 938 g/mol. The van der Waals surface area contributed by atoms with Crippen LogP contribution in [0, 0.1) is 31.3 Å². The van der Waals surface area contributed by atoms with E-state index >= 15 is 0 Å². The van der Waals surface area contributed by atoms with E-state index in [-0.39, 0.29) is 31.2 Å². The Morgan fingerprint density at radius 2 is 1.48 bits per heavy atom. The van der Waals surface area contributed by atoms with Crippen LogP contribution in [0.3, 0.4) is 0 Å². The van der Waals surface area contributed by atoms with Gasteiger partial charge in [-0.15, -0.1) is 47.5 Å². The Morgan fingerprint density at radius 1 is 0.690 bits per heavy atom. The molecule has 10 rings (SSSR count). The molecule has 1 saturated carbocycles. The number of furan rings is 1. The van der Waals surface area contributed by atoms with Gasteiger partial charge in [-0.2, -0.15) is 0 Å². The van der Waals surface area contributed by atoms with Crippen molar-refractivity contribution < 1.29 is 34.1 Å². The fourth-order valence-electron chi connectivity index (χ4n) is 7.87. The van der Waals surface area contributed by atoms with Crippen LogP contribution in [0.5, 0.6) is 0 Å². The van der Waals surface area contributed by atoms with Gasteiger partial charge in [0.1, 0.15) is 5.58 Å². The van der Waals surface area contributed by atoms with Crippen molar-refractivity contribution >= 4 is 32.7 Å². The van der Waals surface area contributed by atoms with Crippen LogP contribution in [0.2, 0.25) is 0 Å². The summed E-state index contributed by atoms with van der Waals surface area (Å²) < 4.78 is 61.2. The second-order valence-corrected chi connectivity index (χ2v) is 15.6. The van der Waals surface area contributed by atoms with Gasteiger partial charge in [0, 0.05) is 52.9 Å². The third-order valence-electron chi connectivity index (χ3n) is 11.2. The van der Waals surface area contributed by atoms with Crippen LogP contribution < -0.4 is 0 Å². The van der Waals surface area contributed by atoms with E-state index < -0.39 is 19.6 Å². The summed E-state index contributed by atoms with van der Waals surface area (Å²) in [5.74, 6) is -0.479. The molecule has 0 amide bonds. The van der Waals surface area contributed by atoms with Gasteiger partial charge in [-0.3, -0.25) is 0 Å². The van der Waals surface area contributed by atoms with E-state index in [1.54, 1.807) is 12.1 Å². The summed E-state index contributed by atoms with van der Waals surface area (Å²) in [6.07, 6.45) is 7.22. The molecule has 0 aliphatic heterocycles. The Balaban J connectivity index is 0.000000188. The smallest absolute Gasteiger partial charge is 0.128 e. The maximum Gasteiger partial charge on any atom is 0.128 e. The first-order valence-electron chi connectivity index (χ1n) is 23.0. The molecule has 4 heteroatoms. The summed E-state index contributed by atoms with van der Waals surface area (Å²) in [7, 11) is 0. The van der Waals surface area contributed by atoms with Crippen molar-refractivity contribution in [1.29, 1.82) is 0 Å². The first kappa shape index (κ1) is 31.3. The van der Waals surface area contributed by atoms with Crippen LogP contribution in [0.4, 0.5) is 0 Å². The first-order valence-corrected chi connectivity index (χ1v) is 19.5. The molecule has 0 atom stereocenters. The minimum absolute atomic E-state index is 0. The van der Waals surface area contributed by atoms with Crippen molar-refractivity contribution in [3.8, 4) is 44.8 Å². The summed E-state index contributed by atoms with van der Waals surface area (Å²) in [6.45, 7) is 0.165. The predicted octanol–water partition coefficient (Wildman–Crippen LogP) is 14.8. The van der Waals surface area contributed by atoms with E-state index in [0.29, 0.717) is 22.2 Å². The van der Waals surface area contributed by atoms with Crippen molar-refractivity contribution in [2.45, 2.75) is 59.1 Å². The fourth-order valence-corrected chi connectivity index (χ4v) is 7.87. The van der Waals surface area contributed by atoms with Crippen LogP contribution >= 0.6 is 0 Å². The Hall–Kier alpha value is -5.67. The van der Waals surface area contributed by atoms with E-state index in [1.807, 2.05) is 48.7 Å². The number of aromatic nitrogens is 2. The molecule has 289 valence electrons. The van der Waals surface area contributed by atoms with Gasteiger partial charge in [0.25, 0.3) is 0 Å². The molecule has 1 aliphatic rings. The van der Waals surface area contributed by atoms with Crippen molar-refractivity contribution in [2.24, 2.45) is 5.41 Å². The third-order valence-corrected chi connectivity index (χ3v) is 11.2. The molecule has 6 aromatic carbocycles. The Bertz CT molecular complexity index is 3110. The SMILES string of the molecule is [2H]C([2H])([2H])c1ccc(-c2[c-]cc(C([2H])([2H])[2H])c(-c3ccccc3)c2)nc1.[2H]C1(c2ccc(-c3ccnc(-c4[c-]ccc5c4oc4c6ccccc6ccc54)c3)cc2)CCC(C)(C)CC1.[Ir]. The zero-order valence-corrected chi connectivity index (χ0v) is 34.8. The molecule has 58 heavy (non-hydrogen) atoms. The summed E-state index contributed by atoms with van der Waals surface area (Å²) in [6, 6.07) is 51.4. The summed E-state index contributed by atoms with van der Waals surface area (Å²) in [5, 5.41) is 4.46. The number of pyridine rings is 2. The zero-order chi connectivity index (χ0) is 44.9. The number of hydrogen-bond donors (Lipinski definition) is 0. The number of benzene rings is 6. The van der Waals surface area contributed by atoms with E-state index in [0.717, 1.165) is 86.5 Å². The molecular weight excluding hydrogens is 885 g/mol. The van der Waals surface area contributed by atoms with E-state index in [1.165, 1.54) is 23.7 Å². The van der Waals surface area contributed by atoms with E-state index in [9.17, 15) is 0 Å². The van der Waals surface area contributed by atoms with Crippen LogP contribution in [0.15, 0.2) is 156 Å². The van der Waals surface area contributed by atoms with E-state index in [4.69, 9.17) is 19.0 Å². The molecule has 0 N–H and O–H groups in total. The third kappa shape index (κ3) is 8.05. The number of hydrogen-bond acceptors (Lipinski definition) is 3. The van der Waals surface area contributed by atoms with Gasteiger partial charge in [0.15, 0.2) is 0 Å². The molecule has 0 bridgehead atoms. The summed E-state index contributed by atoms with van der Waals surface area (Å²) in [5.41, 5.74) is 10.0. The summed E-state index contributed by atoms with van der Waals surface area (Å²) in [4.78, 5) is 8.92. The second-order valence-electron chi connectivity index (χ2n) is 15.6. The zero-order valence-electron chi connectivity index (χ0n) is 39.4. The van der Waals surface area contributed by atoms with Gasteiger partial charge in [-0.1, -0.05) is 146 Å². The van der Waals surface area contributed by atoms with Gasteiger partial charge in [-0.05, 0) is 94.5 Å². The number of nitrogens with zero attached hydrogens (tertiary/aromatic N) is 2. The molecule has 1 aliphatic carbocycles. The minimum Gasteiger partial charge on any atom is -0.500 e. The molecule has 3 aromatic heterocycles. The van der Waals surface area contributed by atoms with Crippen LogP contribution in [0.1, 0.15) is 71.7 Å². The number of aryl methyl sites for hydroxylation is 2. The van der Waals surface area contributed by atoms with Gasteiger partial charge in [0.2, 0.25) is 0 Å². The molecule has 3 heterocycles. The van der Waals surface area contributed by atoms with Crippen molar-refractivity contribution in [3.63, 3.8) is 0 Å². The van der Waals surface area contributed by atoms with Crippen molar-refractivity contribution in [2.75, 3.05) is 0 Å². The molecule has 0 saturated heterocycles. The molecule has 9 aromatic rings. The van der Waals surface area contributed by atoms with Crippen molar-refractivity contribution in [3.05, 3.63) is 181 Å². The first-order chi connectivity index (χ1) is 30.6. The van der Waals surface area contributed by atoms with Crippen LogP contribution in [-0.4, -0.2) is 9.97 Å². The number of rotatable bonds is 5. The Labute approximate surface area is 365 Å². The van der Waals surface area contributed by atoms with Crippen LogP contribution in [0.25, 0.3) is 77.5 Å². The molecule has 3 nitrogen and oxygen atoms in total. The van der Waals surface area contributed by atoms with Gasteiger partial charge in [-0.25, -0.2) is 0 Å². The molecule has 1 fully saturated rings. The standard InChI is InChI=1S/C35H30NO.C19H16N.Ir/c1-35(2)19-16-25(17-20-35)23-10-12-24(13-11-23)27-18-21-36-32(22-27)31-9-5-8-29-30-15-14-26-6-3-4-7-28(26)33(30)37-34(29)31;1-14-8-11-19(20-13-14)17-10-9-15(2)18(12-17)16-6-4-3-5-7-16;/h3-8,10-15,18,21-22,25H,16-17,19-20H2,1-2H3;3-9,11-13H,1-2H3;/q2*-1;/i25D;1D3,2D3;. The Kier molecular flexibility index (Phi) is 9.00.